The summed E-state index contributed by atoms with van der Waals surface area (Å²) >= 11 is 16.8. The van der Waals surface area contributed by atoms with Crippen molar-refractivity contribution in [1.82, 2.24) is 0 Å². The van der Waals surface area contributed by atoms with Gasteiger partial charge in [0.05, 0.1) is 12.5 Å². The van der Waals surface area contributed by atoms with Crippen LogP contribution in [-0.2, 0) is 4.74 Å². The quantitative estimate of drug-likeness (QED) is 0.600. The Labute approximate surface area is 161 Å². The van der Waals surface area contributed by atoms with Gasteiger partial charge in [-0.1, -0.05) is 35.3 Å². The number of ether oxygens (including phenoxy) is 1. The third-order valence-corrected chi connectivity index (χ3v) is 3.27. The monoisotopic (exact) mass is 404 g/mol. The number of halogens is 3. The van der Waals surface area contributed by atoms with Crippen molar-refractivity contribution in [2.45, 2.75) is 0 Å². The van der Waals surface area contributed by atoms with E-state index in [-0.39, 0.29) is 19.1 Å². The van der Waals surface area contributed by atoms with Crippen molar-refractivity contribution in [1.29, 1.82) is 0 Å². The van der Waals surface area contributed by atoms with Gasteiger partial charge >= 0.3 is 6.09 Å². The van der Waals surface area contributed by atoms with Gasteiger partial charge in [-0.3, -0.25) is 5.32 Å². The normalized spacial score (nSPS) is 9.60. The van der Waals surface area contributed by atoms with Gasteiger partial charge in [-0.05, 0) is 36.4 Å². The first-order valence-electron chi connectivity index (χ1n) is 7.40. The Morgan fingerprint density at radius 3 is 2.20 bits per heavy atom. The minimum Gasteiger partial charge on any atom is -0.448 e. The van der Waals surface area contributed by atoms with E-state index in [1.165, 1.54) is 0 Å². The van der Waals surface area contributed by atoms with Crippen LogP contribution in [0, 0.1) is 0 Å². The lowest BCUT2D eigenvalue weighted by Gasteiger charge is -2.05. The summed E-state index contributed by atoms with van der Waals surface area (Å²) in [5.74, 6) is 0.281. The Balaban J connectivity index is 0.000000257. The number of hydrogen-bond acceptors (Lipinski definition) is 4. The highest BCUT2D eigenvalue weighted by Gasteiger charge is 2.02. The summed E-state index contributed by atoms with van der Waals surface area (Å²) in [6.45, 7) is 0.876. The van der Waals surface area contributed by atoms with Crippen molar-refractivity contribution in [3.05, 3.63) is 58.6 Å². The van der Waals surface area contributed by atoms with Gasteiger partial charge in [-0.25, -0.2) is 4.79 Å². The second-order valence-electron chi connectivity index (χ2n) is 4.62. The van der Waals surface area contributed by atoms with E-state index in [1.54, 1.807) is 24.3 Å². The van der Waals surface area contributed by atoms with Crippen molar-refractivity contribution >= 4 is 52.3 Å². The first-order valence-corrected chi connectivity index (χ1v) is 8.70. The molecule has 0 saturated heterocycles. The molecule has 2 aromatic rings. The molecule has 136 valence electrons. The molecule has 0 atom stereocenters. The van der Waals surface area contributed by atoms with Crippen LogP contribution >= 0.6 is 34.8 Å². The van der Waals surface area contributed by atoms with Crippen molar-refractivity contribution in [2.24, 2.45) is 0 Å². The molecular formula is C17H19Cl3N2O3. The van der Waals surface area contributed by atoms with E-state index in [4.69, 9.17) is 44.6 Å². The van der Waals surface area contributed by atoms with Gasteiger partial charge < -0.3 is 15.2 Å². The fourth-order valence-corrected chi connectivity index (χ4v) is 2.11. The van der Waals surface area contributed by atoms with E-state index < -0.39 is 6.09 Å². The van der Waals surface area contributed by atoms with Gasteiger partial charge in [0.15, 0.2) is 0 Å². The Morgan fingerprint density at radius 2 is 1.64 bits per heavy atom. The lowest BCUT2D eigenvalue weighted by Crippen LogP contribution is -2.14. The lowest BCUT2D eigenvalue weighted by atomic mass is 10.3. The number of aliphatic hydroxyl groups is 1. The molecule has 0 aliphatic carbocycles. The van der Waals surface area contributed by atoms with Crippen LogP contribution in [0.5, 0.6) is 0 Å². The number of nitrogens with one attached hydrogen (secondary N) is 2. The number of carbonyl (C=O) groups excluding carboxylic acids is 1. The fourth-order valence-electron chi connectivity index (χ4n) is 1.65. The third kappa shape index (κ3) is 10.0. The van der Waals surface area contributed by atoms with Crippen LogP contribution in [0.2, 0.25) is 10.0 Å². The molecule has 25 heavy (non-hydrogen) atoms. The van der Waals surface area contributed by atoms with Crippen LogP contribution < -0.4 is 10.6 Å². The molecule has 0 bridgehead atoms. The van der Waals surface area contributed by atoms with Crippen LogP contribution in [0.4, 0.5) is 16.2 Å². The minimum absolute atomic E-state index is 0.131. The van der Waals surface area contributed by atoms with Gasteiger partial charge in [0.2, 0.25) is 0 Å². The molecule has 0 spiro atoms. The second-order valence-corrected chi connectivity index (χ2v) is 5.87. The van der Waals surface area contributed by atoms with Crippen LogP contribution in [0.15, 0.2) is 48.5 Å². The molecule has 0 radical (unpaired) electrons. The maximum atomic E-state index is 11.0. The van der Waals surface area contributed by atoms with Crippen molar-refractivity contribution in [3.8, 4) is 0 Å². The smallest absolute Gasteiger partial charge is 0.411 e. The van der Waals surface area contributed by atoms with Crippen LogP contribution in [0.1, 0.15) is 0 Å². The zero-order valence-corrected chi connectivity index (χ0v) is 15.6. The number of amides is 1. The van der Waals surface area contributed by atoms with E-state index in [2.05, 4.69) is 10.6 Å². The standard InChI is InChI=1S/C9H9Cl2NO2.C8H10ClNO/c10-4-5-14-9(13)12-8-3-1-2-7(11)6-8;9-7-2-1-3-8(6-7)10-4-5-11/h1-3,6H,4-5H2,(H,12,13);1-3,6,10-11H,4-5H2. The summed E-state index contributed by atoms with van der Waals surface area (Å²) < 4.78 is 4.71. The largest absolute Gasteiger partial charge is 0.448 e. The van der Waals surface area contributed by atoms with Gasteiger partial charge in [0.1, 0.15) is 6.61 Å². The average Bonchev–Trinajstić information content (AvgIpc) is 2.59. The van der Waals surface area contributed by atoms with E-state index in [0.717, 1.165) is 5.69 Å². The number of rotatable bonds is 6. The van der Waals surface area contributed by atoms with Crippen LogP contribution in [-0.4, -0.2) is 36.8 Å². The van der Waals surface area contributed by atoms with Gasteiger partial charge in [0, 0.05) is 28.0 Å². The molecule has 0 fully saturated rings. The van der Waals surface area contributed by atoms with E-state index in [1.807, 2.05) is 24.3 Å². The number of alkyl halides is 1. The highest BCUT2D eigenvalue weighted by molar-refractivity contribution is 6.31. The molecule has 1 amide bonds. The first kappa shape index (κ1) is 21.4. The maximum absolute atomic E-state index is 11.0. The topological polar surface area (TPSA) is 70.6 Å². The fraction of sp³-hybridized carbons (Fsp3) is 0.235. The molecule has 5 nitrogen and oxygen atoms in total. The summed E-state index contributed by atoms with van der Waals surface area (Å²) in [6.07, 6.45) is -0.534. The molecule has 0 heterocycles. The molecular weight excluding hydrogens is 387 g/mol. The van der Waals surface area contributed by atoms with Gasteiger partial charge in [0.25, 0.3) is 0 Å². The van der Waals surface area contributed by atoms with E-state index in [9.17, 15) is 4.79 Å². The summed E-state index contributed by atoms with van der Waals surface area (Å²) in [6, 6.07) is 14.2. The maximum Gasteiger partial charge on any atom is 0.411 e. The molecule has 2 rings (SSSR count). The SMILES string of the molecule is O=C(Nc1cccc(Cl)c1)OCCCl.OCCNc1cccc(Cl)c1. The molecule has 0 saturated carbocycles. The average molecular weight is 406 g/mol. The third-order valence-electron chi connectivity index (χ3n) is 2.65. The molecule has 0 aromatic heterocycles. The van der Waals surface area contributed by atoms with Crippen molar-refractivity contribution < 1.29 is 14.6 Å². The van der Waals surface area contributed by atoms with E-state index in [0.29, 0.717) is 22.3 Å². The van der Waals surface area contributed by atoms with Crippen LogP contribution in [0.25, 0.3) is 0 Å². The number of aliphatic hydroxyl groups excluding tert-OH is 1. The molecule has 0 aliphatic rings. The summed E-state index contributed by atoms with van der Waals surface area (Å²) in [5.41, 5.74) is 1.53. The first-order chi connectivity index (χ1) is 12.0. The van der Waals surface area contributed by atoms with Crippen LogP contribution in [0.3, 0.4) is 0 Å². The number of anilines is 2. The number of carbonyl (C=O) groups is 1. The predicted molar refractivity (Wildman–Crippen MR) is 104 cm³/mol. The summed E-state index contributed by atoms with van der Waals surface area (Å²) in [4.78, 5) is 11.0. The zero-order chi connectivity index (χ0) is 18.5. The predicted octanol–water partition coefficient (Wildman–Crippen LogP) is 4.87. The molecule has 2 aromatic carbocycles. The Hall–Kier alpha value is -1.66. The molecule has 0 unspecified atom stereocenters. The highest BCUT2D eigenvalue weighted by atomic mass is 35.5. The summed E-state index contributed by atoms with van der Waals surface area (Å²) in [5, 5.41) is 15.3. The molecule has 8 heteroatoms. The zero-order valence-electron chi connectivity index (χ0n) is 13.3. The Kier molecular flexibility index (Phi) is 10.8. The van der Waals surface area contributed by atoms with Crippen molar-refractivity contribution in [3.63, 3.8) is 0 Å². The number of hydrogen-bond donors (Lipinski definition) is 3. The van der Waals surface area contributed by atoms with Crippen molar-refractivity contribution in [2.75, 3.05) is 36.3 Å². The summed E-state index contributed by atoms with van der Waals surface area (Å²) in [7, 11) is 0. The Morgan fingerprint density at radius 1 is 1.04 bits per heavy atom. The van der Waals surface area contributed by atoms with E-state index >= 15 is 0 Å². The lowest BCUT2D eigenvalue weighted by molar-refractivity contribution is 0.168. The molecule has 3 N–H and O–H groups in total. The highest BCUT2D eigenvalue weighted by Crippen LogP contribution is 2.15. The second kappa shape index (κ2) is 12.7. The molecule has 0 aliphatic heterocycles. The Bertz CT molecular complexity index is 657. The van der Waals surface area contributed by atoms with Gasteiger partial charge in [-0.2, -0.15) is 0 Å². The minimum atomic E-state index is -0.534. The van der Waals surface area contributed by atoms with Gasteiger partial charge in [-0.15, -0.1) is 11.6 Å². The number of benzene rings is 2.